The van der Waals surface area contributed by atoms with Crippen LogP contribution in [0, 0.1) is 5.92 Å². The molecule has 9 heteroatoms. The molecule has 7 nitrogen and oxygen atoms in total. The summed E-state index contributed by atoms with van der Waals surface area (Å²) in [7, 11) is -4.30. The molecule has 0 aliphatic heterocycles. The van der Waals surface area contributed by atoms with Gasteiger partial charge < -0.3 is 14.3 Å². The first-order chi connectivity index (χ1) is 11.3. The van der Waals surface area contributed by atoms with Crippen molar-refractivity contribution >= 4 is 35.5 Å². The van der Waals surface area contributed by atoms with E-state index >= 15 is 0 Å². The minimum Gasteiger partial charge on any atom is -0.443 e. The molecule has 0 aliphatic carbocycles. The summed E-state index contributed by atoms with van der Waals surface area (Å²) in [6.07, 6.45) is 1.98. The minimum absolute atomic E-state index is 0.0146. The monoisotopic (exact) mass is 369 g/mol. The maximum Gasteiger partial charge on any atom is 0.379 e. The first-order valence-electron chi connectivity index (χ1n) is 7.30. The molecule has 0 fully saturated rings. The summed E-state index contributed by atoms with van der Waals surface area (Å²) in [6, 6.07) is 5.35. The average Bonchev–Trinajstić information content (AvgIpc) is 3.12. The van der Waals surface area contributed by atoms with E-state index in [1.807, 2.05) is 19.9 Å². The molecule has 0 aliphatic rings. The van der Waals surface area contributed by atoms with Crippen LogP contribution in [0.4, 0.5) is 0 Å². The summed E-state index contributed by atoms with van der Waals surface area (Å²) in [5.74, 6) is 5.40. The van der Waals surface area contributed by atoms with E-state index in [1.54, 1.807) is 12.1 Å². The van der Waals surface area contributed by atoms with Crippen LogP contribution in [0.2, 0.25) is 5.22 Å². The number of nitrogens with one attached hydrogen (secondary N) is 1. The molecular weight excluding hydrogens is 353 g/mol. The van der Waals surface area contributed by atoms with Crippen LogP contribution in [0.1, 0.15) is 19.4 Å². The van der Waals surface area contributed by atoms with E-state index < -0.39 is 7.60 Å². The van der Waals surface area contributed by atoms with Gasteiger partial charge in [0.15, 0.2) is 11.0 Å². The summed E-state index contributed by atoms with van der Waals surface area (Å²) in [6.45, 7) is 3.93. The number of H-pyrrole nitrogens is 1. The lowest BCUT2D eigenvalue weighted by atomic mass is 10.0. The fourth-order valence-corrected chi connectivity index (χ4v) is 4.07. The normalized spacial score (nSPS) is 14.4. The molecule has 2 aromatic heterocycles. The lowest BCUT2D eigenvalue weighted by Gasteiger charge is -2.12. The number of nitrogens with zero attached hydrogens (tertiary/aromatic N) is 1. The fraction of sp³-hybridized carbons (Fsp3) is 0.267. The van der Waals surface area contributed by atoms with Crippen molar-refractivity contribution in [2.24, 2.45) is 11.8 Å². The smallest absolute Gasteiger partial charge is 0.379 e. The third-order valence-corrected chi connectivity index (χ3v) is 5.29. The van der Waals surface area contributed by atoms with E-state index in [1.165, 1.54) is 6.33 Å². The van der Waals surface area contributed by atoms with Crippen LogP contribution >= 0.6 is 19.2 Å². The molecule has 0 bridgehead atoms. The third-order valence-electron chi connectivity index (χ3n) is 3.66. The molecule has 2 heterocycles. The maximum atomic E-state index is 12.5. The van der Waals surface area contributed by atoms with Crippen molar-refractivity contribution in [1.82, 2.24) is 9.97 Å². The molecule has 1 unspecified atom stereocenters. The lowest BCUT2D eigenvalue weighted by Crippen LogP contribution is -2.16. The number of halogens is 1. The minimum atomic E-state index is -4.30. The van der Waals surface area contributed by atoms with Gasteiger partial charge in [-0.3, -0.25) is 4.57 Å². The number of fused-ring (bicyclic) bond motifs is 1. The summed E-state index contributed by atoms with van der Waals surface area (Å²) < 4.78 is 22.6. The number of benzene rings is 1. The zero-order chi connectivity index (χ0) is 17.5. The Labute approximate surface area is 143 Å². The summed E-state index contributed by atoms with van der Waals surface area (Å²) >= 11 is 6.21. The Balaban J connectivity index is 2.32. The van der Waals surface area contributed by atoms with Crippen LogP contribution in [0.3, 0.4) is 0 Å². The number of aromatic amines is 1. The van der Waals surface area contributed by atoms with Crippen molar-refractivity contribution < 1.29 is 18.5 Å². The Bertz CT molecular complexity index is 934. The number of nitrogens with two attached hydrogens (primary N) is 1. The van der Waals surface area contributed by atoms with Gasteiger partial charge in [-0.2, -0.15) is 0 Å². The molecule has 1 atom stereocenters. The molecule has 3 rings (SSSR count). The first kappa shape index (κ1) is 17.2. The highest BCUT2D eigenvalue weighted by atomic mass is 35.5. The lowest BCUT2D eigenvalue weighted by molar-refractivity contribution is 0.278. The van der Waals surface area contributed by atoms with E-state index in [-0.39, 0.29) is 22.2 Å². The van der Waals surface area contributed by atoms with Crippen LogP contribution in [0.15, 0.2) is 28.9 Å². The Hall–Kier alpha value is -1.63. The van der Waals surface area contributed by atoms with Crippen molar-refractivity contribution in [2.75, 3.05) is 0 Å². The molecule has 4 N–H and O–H groups in total. The number of furan rings is 1. The number of hydrogen-bond donors (Lipinski definition) is 3. The topological polar surface area (TPSA) is 114 Å². The molecule has 0 saturated carbocycles. The van der Waals surface area contributed by atoms with Gasteiger partial charge >= 0.3 is 7.60 Å². The van der Waals surface area contributed by atoms with Gasteiger partial charge in [0.05, 0.1) is 17.4 Å². The van der Waals surface area contributed by atoms with E-state index in [0.717, 1.165) is 5.52 Å². The van der Waals surface area contributed by atoms with Gasteiger partial charge in [-0.15, -0.1) is 0 Å². The van der Waals surface area contributed by atoms with Crippen LogP contribution in [-0.2, 0) is 15.6 Å². The average molecular weight is 370 g/mol. The third kappa shape index (κ3) is 2.90. The van der Waals surface area contributed by atoms with Crippen LogP contribution in [0.25, 0.3) is 22.4 Å². The second-order valence-corrected chi connectivity index (χ2v) is 7.90. The van der Waals surface area contributed by atoms with Crippen molar-refractivity contribution in [2.45, 2.75) is 20.3 Å². The van der Waals surface area contributed by atoms with E-state index in [0.29, 0.717) is 23.1 Å². The molecule has 128 valence electrons. The number of hydrogen-bond acceptors (Lipinski definition) is 5. The zero-order valence-corrected chi connectivity index (χ0v) is 14.8. The largest absolute Gasteiger partial charge is 0.443 e. The molecule has 0 amide bonds. The molecule has 0 spiro atoms. The molecule has 24 heavy (non-hydrogen) atoms. The van der Waals surface area contributed by atoms with Gasteiger partial charge in [-0.25, -0.2) is 15.5 Å². The molecule has 0 radical (unpaired) electrons. The Morgan fingerprint density at radius 1 is 1.50 bits per heavy atom. The molecule has 3 aromatic rings. The van der Waals surface area contributed by atoms with E-state index in [9.17, 15) is 9.46 Å². The van der Waals surface area contributed by atoms with Crippen molar-refractivity contribution in [3.8, 4) is 11.3 Å². The summed E-state index contributed by atoms with van der Waals surface area (Å²) in [5.41, 5.74) is 2.31. The molecule has 0 saturated heterocycles. The van der Waals surface area contributed by atoms with E-state index in [4.69, 9.17) is 21.9 Å². The summed E-state index contributed by atoms with van der Waals surface area (Å²) in [4.78, 5) is 17.5. The second kappa shape index (κ2) is 6.35. The highest BCUT2D eigenvalue weighted by molar-refractivity contribution is 7.61. The predicted octanol–water partition coefficient (Wildman–Crippen LogP) is 3.38. The van der Waals surface area contributed by atoms with Gasteiger partial charge in [0.2, 0.25) is 0 Å². The number of imidazole rings is 1. The molecule has 1 aromatic carbocycles. The van der Waals surface area contributed by atoms with Gasteiger partial charge in [-0.05, 0) is 36.1 Å². The standard InChI is InChI=1S/C15H17ClN3O4P/c1-8(2)6-10-14(24(20,21)23-17)13(22-15(10)16)9-4-3-5-11-12(9)19-7-18-11/h3-5,7-8H,6,17H2,1-2H3,(H,18,19)(H,20,21). The Kier molecular flexibility index (Phi) is 4.55. The number of rotatable bonds is 5. The van der Waals surface area contributed by atoms with Crippen LogP contribution in [0.5, 0.6) is 0 Å². The highest BCUT2D eigenvalue weighted by Gasteiger charge is 2.36. The summed E-state index contributed by atoms with van der Waals surface area (Å²) in [5, 5.41) is 0.0340. The second-order valence-electron chi connectivity index (χ2n) is 5.86. The zero-order valence-electron chi connectivity index (χ0n) is 13.1. The SMILES string of the molecule is CC(C)Cc1c(Cl)oc(-c2cccc3[nH]cnc23)c1P(=O)(O)ON. The molecular formula is C15H17ClN3O4P. The fourth-order valence-electron chi connectivity index (χ4n) is 2.70. The van der Waals surface area contributed by atoms with Crippen molar-refractivity contribution in [3.05, 3.63) is 35.3 Å². The Morgan fingerprint density at radius 2 is 2.25 bits per heavy atom. The van der Waals surface area contributed by atoms with E-state index in [2.05, 4.69) is 14.6 Å². The van der Waals surface area contributed by atoms with Crippen LogP contribution in [-0.4, -0.2) is 14.9 Å². The first-order valence-corrected chi connectivity index (χ1v) is 9.26. The number of aromatic nitrogens is 2. The number of para-hydroxylation sites is 1. The van der Waals surface area contributed by atoms with Crippen LogP contribution < -0.4 is 11.2 Å². The van der Waals surface area contributed by atoms with Gasteiger partial charge in [0.1, 0.15) is 5.30 Å². The Morgan fingerprint density at radius 3 is 2.92 bits per heavy atom. The van der Waals surface area contributed by atoms with Gasteiger partial charge in [0, 0.05) is 11.1 Å². The van der Waals surface area contributed by atoms with Gasteiger partial charge in [-0.1, -0.05) is 19.9 Å². The quantitative estimate of drug-likeness (QED) is 0.469. The highest BCUT2D eigenvalue weighted by Crippen LogP contribution is 2.47. The van der Waals surface area contributed by atoms with Crippen molar-refractivity contribution in [1.29, 1.82) is 0 Å². The van der Waals surface area contributed by atoms with Crippen molar-refractivity contribution in [3.63, 3.8) is 0 Å². The maximum absolute atomic E-state index is 12.5. The predicted molar refractivity (Wildman–Crippen MR) is 92.1 cm³/mol. The van der Waals surface area contributed by atoms with Gasteiger partial charge in [0.25, 0.3) is 0 Å².